The molecule has 0 saturated heterocycles. The van der Waals surface area contributed by atoms with Crippen LogP contribution in [0.25, 0.3) is 10.8 Å². The molecule has 0 radical (unpaired) electrons. The van der Waals surface area contributed by atoms with Crippen molar-refractivity contribution < 1.29 is 23.5 Å². The summed E-state index contributed by atoms with van der Waals surface area (Å²) in [4.78, 5) is 17.3. The highest BCUT2D eigenvalue weighted by Gasteiger charge is 2.17. The van der Waals surface area contributed by atoms with Gasteiger partial charge in [0.1, 0.15) is 4.88 Å². The van der Waals surface area contributed by atoms with Crippen LogP contribution in [0.4, 0.5) is 16.2 Å². The van der Waals surface area contributed by atoms with Gasteiger partial charge in [-0.25, -0.2) is 4.79 Å². The van der Waals surface area contributed by atoms with E-state index in [1.54, 1.807) is 25.1 Å². The first-order valence-electron chi connectivity index (χ1n) is 7.82. The monoisotopic (exact) mass is 390 g/mol. The number of carbonyl (C=O) groups is 1. The van der Waals surface area contributed by atoms with Gasteiger partial charge in [0.2, 0.25) is 5.75 Å². The molecule has 0 unspecified atom stereocenters. The first-order chi connectivity index (χ1) is 13.0. The Bertz CT molecular complexity index is 927. The molecule has 2 amide bonds. The SMILES string of the molecule is COc1cc(NC(=O)Nc2ccsc2-c2nc(C)no2)cc(OC)c1OC. The third kappa shape index (κ3) is 3.95. The molecule has 0 bridgehead atoms. The molecule has 0 fully saturated rings. The molecule has 2 heterocycles. The lowest BCUT2D eigenvalue weighted by Gasteiger charge is -2.14. The predicted molar refractivity (Wildman–Crippen MR) is 101 cm³/mol. The molecule has 0 spiro atoms. The lowest BCUT2D eigenvalue weighted by molar-refractivity contribution is 0.262. The summed E-state index contributed by atoms with van der Waals surface area (Å²) in [6.07, 6.45) is 0. The smallest absolute Gasteiger partial charge is 0.323 e. The third-order valence-corrected chi connectivity index (χ3v) is 4.46. The molecule has 1 aromatic carbocycles. The highest BCUT2D eigenvalue weighted by atomic mass is 32.1. The summed E-state index contributed by atoms with van der Waals surface area (Å²) in [5.74, 6) is 2.18. The van der Waals surface area contributed by atoms with Crippen molar-refractivity contribution in [2.24, 2.45) is 0 Å². The lowest BCUT2D eigenvalue weighted by Crippen LogP contribution is -2.19. The van der Waals surface area contributed by atoms with Crippen LogP contribution in [0.3, 0.4) is 0 Å². The minimum atomic E-state index is -0.444. The van der Waals surface area contributed by atoms with Gasteiger partial charge in [0.25, 0.3) is 5.89 Å². The first kappa shape index (κ1) is 18.5. The van der Waals surface area contributed by atoms with Gasteiger partial charge >= 0.3 is 6.03 Å². The van der Waals surface area contributed by atoms with Gasteiger partial charge in [-0.05, 0) is 18.4 Å². The number of thiophene rings is 1. The fraction of sp³-hybridized carbons (Fsp3) is 0.235. The van der Waals surface area contributed by atoms with Gasteiger partial charge in [-0.15, -0.1) is 11.3 Å². The maximum Gasteiger partial charge on any atom is 0.323 e. The minimum Gasteiger partial charge on any atom is -0.493 e. The van der Waals surface area contributed by atoms with Crippen molar-refractivity contribution in [3.05, 3.63) is 29.4 Å². The molecule has 3 aromatic rings. The summed E-state index contributed by atoms with van der Waals surface area (Å²) in [7, 11) is 4.52. The molecule has 10 heteroatoms. The van der Waals surface area contributed by atoms with Crippen LogP contribution < -0.4 is 24.8 Å². The number of hydrogen-bond acceptors (Lipinski definition) is 8. The van der Waals surface area contributed by atoms with E-state index in [1.807, 2.05) is 5.38 Å². The number of anilines is 2. The number of amides is 2. The normalized spacial score (nSPS) is 10.4. The zero-order valence-electron chi connectivity index (χ0n) is 15.2. The van der Waals surface area contributed by atoms with E-state index in [0.717, 1.165) is 0 Å². The highest BCUT2D eigenvalue weighted by molar-refractivity contribution is 7.14. The summed E-state index contributed by atoms with van der Waals surface area (Å²) >= 11 is 1.39. The summed E-state index contributed by atoms with van der Waals surface area (Å²) < 4.78 is 21.0. The number of rotatable bonds is 6. The number of aryl methyl sites for hydroxylation is 1. The summed E-state index contributed by atoms with van der Waals surface area (Å²) in [6.45, 7) is 1.73. The number of urea groups is 1. The van der Waals surface area contributed by atoms with Gasteiger partial charge in [-0.2, -0.15) is 4.98 Å². The number of hydrogen-bond donors (Lipinski definition) is 2. The molecule has 0 saturated carbocycles. The van der Waals surface area contributed by atoms with E-state index in [4.69, 9.17) is 18.7 Å². The van der Waals surface area contributed by atoms with Gasteiger partial charge in [0.05, 0.1) is 32.7 Å². The van der Waals surface area contributed by atoms with E-state index in [1.165, 1.54) is 32.7 Å². The number of methoxy groups -OCH3 is 3. The van der Waals surface area contributed by atoms with Crippen molar-refractivity contribution >= 4 is 28.7 Å². The van der Waals surface area contributed by atoms with E-state index in [9.17, 15) is 4.79 Å². The second-order valence-corrected chi connectivity index (χ2v) is 6.22. The minimum absolute atomic E-state index is 0.352. The maximum absolute atomic E-state index is 12.4. The predicted octanol–water partition coefficient (Wildman–Crippen LogP) is 3.78. The van der Waals surface area contributed by atoms with Crippen LogP contribution >= 0.6 is 11.3 Å². The summed E-state index contributed by atoms with van der Waals surface area (Å²) in [5.41, 5.74) is 1.04. The van der Waals surface area contributed by atoms with Crippen molar-refractivity contribution in [1.82, 2.24) is 10.1 Å². The molecule has 0 aliphatic carbocycles. The molecule has 2 N–H and O–H groups in total. The van der Waals surface area contributed by atoms with Crippen molar-refractivity contribution in [2.75, 3.05) is 32.0 Å². The molecule has 27 heavy (non-hydrogen) atoms. The average molecular weight is 390 g/mol. The van der Waals surface area contributed by atoms with Crippen LogP contribution in [0.2, 0.25) is 0 Å². The van der Waals surface area contributed by atoms with Crippen LogP contribution in [-0.4, -0.2) is 37.5 Å². The second kappa shape index (κ2) is 7.96. The molecular weight excluding hydrogens is 372 g/mol. The Hall–Kier alpha value is -3.27. The Kier molecular flexibility index (Phi) is 5.46. The highest BCUT2D eigenvalue weighted by Crippen LogP contribution is 2.40. The molecule has 0 aliphatic rings. The zero-order valence-corrected chi connectivity index (χ0v) is 16.0. The van der Waals surface area contributed by atoms with Crippen molar-refractivity contribution in [3.63, 3.8) is 0 Å². The van der Waals surface area contributed by atoms with Crippen LogP contribution in [-0.2, 0) is 0 Å². The number of nitrogens with zero attached hydrogens (tertiary/aromatic N) is 2. The largest absolute Gasteiger partial charge is 0.493 e. The second-order valence-electron chi connectivity index (χ2n) is 5.30. The number of carbonyl (C=O) groups excluding carboxylic acids is 1. The Balaban J connectivity index is 1.78. The Morgan fingerprint density at radius 2 is 1.81 bits per heavy atom. The number of aromatic nitrogens is 2. The van der Waals surface area contributed by atoms with Gasteiger partial charge in [-0.3, -0.25) is 0 Å². The standard InChI is InChI=1S/C17H18N4O5S/c1-9-18-16(26-21-9)15-11(5-6-27-15)20-17(22)19-10-7-12(23-2)14(25-4)13(8-10)24-3/h5-8H,1-4H3,(H2,19,20,22). The molecule has 2 aromatic heterocycles. The molecule has 9 nitrogen and oxygen atoms in total. The van der Waals surface area contributed by atoms with E-state index >= 15 is 0 Å². The third-order valence-electron chi connectivity index (χ3n) is 3.56. The fourth-order valence-corrected chi connectivity index (χ4v) is 3.17. The van der Waals surface area contributed by atoms with Gasteiger partial charge in [0, 0.05) is 12.1 Å². The Morgan fingerprint density at radius 3 is 2.37 bits per heavy atom. The van der Waals surface area contributed by atoms with E-state index < -0.39 is 6.03 Å². The van der Waals surface area contributed by atoms with Crippen LogP contribution in [0, 0.1) is 6.92 Å². The molecule has 3 rings (SSSR count). The summed E-state index contributed by atoms with van der Waals surface area (Å²) in [6, 6.07) is 4.59. The Labute approximate surface area is 159 Å². The van der Waals surface area contributed by atoms with Gasteiger partial charge in [-0.1, -0.05) is 5.16 Å². The Morgan fingerprint density at radius 1 is 1.11 bits per heavy atom. The van der Waals surface area contributed by atoms with Crippen molar-refractivity contribution in [3.8, 4) is 28.0 Å². The summed E-state index contributed by atoms with van der Waals surface area (Å²) in [5, 5.41) is 11.1. The number of nitrogens with one attached hydrogen (secondary N) is 2. The number of ether oxygens (including phenoxy) is 3. The number of benzene rings is 1. The van der Waals surface area contributed by atoms with Gasteiger partial charge < -0.3 is 29.4 Å². The van der Waals surface area contributed by atoms with Crippen LogP contribution in [0.5, 0.6) is 17.2 Å². The van der Waals surface area contributed by atoms with E-state index in [2.05, 4.69) is 20.8 Å². The van der Waals surface area contributed by atoms with Crippen molar-refractivity contribution in [2.45, 2.75) is 6.92 Å². The van der Waals surface area contributed by atoms with E-state index in [-0.39, 0.29) is 0 Å². The molecule has 0 atom stereocenters. The maximum atomic E-state index is 12.4. The van der Waals surface area contributed by atoms with Gasteiger partial charge in [0.15, 0.2) is 17.3 Å². The quantitative estimate of drug-likeness (QED) is 0.659. The topological polar surface area (TPSA) is 108 Å². The average Bonchev–Trinajstić information content (AvgIpc) is 3.29. The molecule has 142 valence electrons. The molecule has 0 aliphatic heterocycles. The lowest BCUT2D eigenvalue weighted by atomic mass is 10.2. The molecular formula is C17H18N4O5S. The fourth-order valence-electron chi connectivity index (χ4n) is 2.40. The first-order valence-corrected chi connectivity index (χ1v) is 8.69. The van der Waals surface area contributed by atoms with Crippen LogP contribution in [0.15, 0.2) is 28.1 Å². The zero-order chi connectivity index (χ0) is 19.4. The van der Waals surface area contributed by atoms with Crippen molar-refractivity contribution in [1.29, 1.82) is 0 Å². The van der Waals surface area contributed by atoms with E-state index in [0.29, 0.717) is 45.2 Å². The van der Waals surface area contributed by atoms with Crippen LogP contribution in [0.1, 0.15) is 5.82 Å².